The number of amides is 1. The van der Waals surface area contributed by atoms with Crippen LogP contribution in [0.2, 0.25) is 5.02 Å². The van der Waals surface area contributed by atoms with Crippen molar-refractivity contribution >= 4 is 56.0 Å². The van der Waals surface area contributed by atoms with Gasteiger partial charge in [0, 0.05) is 45.2 Å². The highest BCUT2D eigenvalue weighted by Gasteiger charge is 2.35. The van der Waals surface area contributed by atoms with Gasteiger partial charge in [0.15, 0.2) is 0 Å². The molecule has 5 rings (SSSR count). The number of halogens is 2. The SMILES string of the molecule is O=C(O)CCCC(=O)N1N=C(c2c(-c3ccccc3)c3cc(Cl)ccc3[nH]c2=O)C[C@H]1c1cccc(Br)c1. The van der Waals surface area contributed by atoms with Crippen LogP contribution in [0.3, 0.4) is 0 Å². The van der Waals surface area contributed by atoms with Crippen LogP contribution in [0, 0.1) is 0 Å². The Labute approximate surface area is 231 Å². The zero-order valence-electron chi connectivity index (χ0n) is 20.2. The molecular formula is C29H23BrClN3O4. The van der Waals surface area contributed by atoms with E-state index in [1.807, 2.05) is 60.7 Å². The van der Waals surface area contributed by atoms with Crippen molar-refractivity contribution in [3.63, 3.8) is 0 Å². The maximum Gasteiger partial charge on any atom is 0.303 e. The van der Waals surface area contributed by atoms with E-state index in [4.69, 9.17) is 21.8 Å². The molecule has 0 radical (unpaired) electrons. The molecule has 0 bridgehead atoms. The van der Waals surface area contributed by atoms with Crippen LogP contribution in [0.5, 0.6) is 0 Å². The van der Waals surface area contributed by atoms with E-state index in [-0.39, 0.29) is 30.7 Å². The number of H-pyrrole nitrogens is 1. The number of hydrazone groups is 1. The Hall–Kier alpha value is -3.75. The van der Waals surface area contributed by atoms with Crippen LogP contribution in [-0.2, 0) is 9.59 Å². The number of nitrogens with one attached hydrogen (secondary N) is 1. The second-order valence-corrected chi connectivity index (χ2v) is 10.4. The van der Waals surface area contributed by atoms with Gasteiger partial charge >= 0.3 is 5.97 Å². The Bertz CT molecular complexity index is 1630. The highest BCUT2D eigenvalue weighted by atomic mass is 79.9. The van der Waals surface area contributed by atoms with Gasteiger partial charge in [-0.2, -0.15) is 5.10 Å². The van der Waals surface area contributed by atoms with Gasteiger partial charge in [0.05, 0.1) is 17.3 Å². The van der Waals surface area contributed by atoms with Crippen molar-refractivity contribution in [2.75, 3.05) is 0 Å². The van der Waals surface area contributed by atoms with Gasteiger partial charge in [0.25, 0.3) is 5.56 Å². The number of hydrogen-bond acceptors (Lipinski definition) is 4. The van der Waals surface area contributed by atoms with E-state index in [0.29, 0.717) is 33.8 Å². The molecular weight excluding hydrogens is 570 g/mol. The third-order valence-electron chi connectivity index (χ3n) is 6.51. The summed E-state index contributed by atoms with van der Waals surface area (Å²) >= 11 is 9.86. The third kappa shape index (κ3) is 5.28. The number of carboxylic acid groups (broad SMARTS) is 1. The van der Waals surface area contributed by atoms with Crippen molar-refractivity contribution in [2.45, 2.75) is 31.7 Å². The lowest BCUT2D eigenvalue weighted by Crippen LogP contribution is -2.27. The molecule has 1 aliphatic rings. The number of rotatable bonds is 7. The van der Waals surface area contributed by atoms with Gasteiger partial charge in [-0.25, -0.2) is 5.01 Å². The van der Waals surface area contributed by atoms with Crippen molar-refractivity contribution in [2.24, 2.45) is 5.10 Å². The lowest BCUT2D eigenvalue weighted by atomic mass is 9.91. The van der Waals surface area contributed by atoms with Crippen molar-refractivity contribution in [1.29, 1.82) is 0 Å². The molecule has 2 heterocycles. The molecule has 1 aliphatic heterocycles. The predicted octanol–water partition coefficient (Wildman–Crippen LogP) is 6.54. The van der Waals surface area contributed by atoms with E-state index in [9.17, 15) is 14.4 Å². The monoisotopic (exact) mass is 591 g/mol. The fraction of sp³-hybridized carbons (Fsp3) is 0.172. The Morgan fingerprint density at radius 3 is 2.55 bits per heavy atom. The van der Waals surface area contributed by atoms with Gasteiger partial charge in [-0.05, 0) is 47.9 Å². The summed E-state index contributed by atoms with van der Waals surface area (Å²) in [6, 6.07) is 22.0. The zero-order valence-corrected chi connectivity index (χ0v) is 22.5. The molecule has 0 saturated carbocycles. The standard InChI is InChI=1S/C29H23BrClN3O4/c30-19-9-4-8-18(14-19)24-16-23(33-34(24)25(35)10-5-11-26(36)37)28-27(17-6-2-1-3-7-17)21-15-20(31)12-13-22(21)32-29(28)38/h1-4,6-9,12-15,24H,5,10-11,16H2,(H,32,38)(H,36,37)/t24-/m0/s1. The van der Waals surface area contributed by atoms with Gasteiger partial charge < -0.3 is 10.1 Å². The number of carboxylic acids is 1. The number of fused-ring (bicyclic) bond motifs is 1. The highest BCUT2D eigenvalue weighted by molar-refractivity contribution is 9.10. The Balaban J connectivity index is 1.67. The summed E-state index contributed by atoms with van der Waals surface area (Å²) in [5.74, 6) is -1.26. The van der Waals surface area contributed by atoms with E-state index in [1.165, 1.54) is 5.01 Å². The number of carbonyl (C=O) groups excluding carboxylic acids is 1. The molecule has 0 spiro atoms. The number of benzene rings is 3. The summed E-state index contributed by atoms with van der Waals surface area (Å²) in [6.07, 6.45) is 0.435. The first-order chi connectivity index (χ1) is 18.3. The molecule has 2 N–H and O–H groups in total. The number of aliphatic carboxylic acids is 1. The Morgan fingerprint density at radius 1 is 1.03 bits per heavy atom. The fourth-order valence-electron chi connectivity index (χ4n) is 4.82. The van der Waals surface area contributed by atoms with Crippen LogP contribution in [0.4, 0.5) is 0 Å². The number of carbonyl (C=O) groups is 2. The second kappa shape index (κ2) is 10.9. The third-order valence-corrected chi connectivity index (χ3v) is 7.24. The van der Waals surface area contributed by atoms with Crippen LogP contribution >= 0.6 is 27.5 Å². The number of hydrogen-bond donors (Lipinski definition) is 2. The topological polar surface area (TPSA) is 103 Å². The van der Waals surface area contributed by atoms with Crippen molar-refractivity contribution in [3.8, 4) is 11.1 Å². The number of aromatic amines is 1. The largest absolute Gasteiger partial charge is 0.481 e. The van der Waals surface area contributed by atoms with Crippen molar-refractivity contribution < 1.29 is 14.7 Å². The molecule has 192 valence electrons. The molecule has 4 aromatic rings. The molecule has 0 unspecified atom stereocenters. The second-order valence-electron chi connectivity index (χ2n) is 9.07. The van der Waals surface area contributed by atoms with Crippen LogP contribution in [0.25, 0.3) is 22.0 Å². The summed E-state index contributed by atoms with van der Waals surface area (Å²) in [5, 5.41) is 16.4. The number of pyridine rings is 1. The Kier molecular flexibility index (Phi) is 7.44. The van der Waals surface area contributed by atoms with Crippen LogP contribution < -0.4 is 5.56 Å². The van der Waals surface area contributed by atoms with Crippen molar-refractivity contribution in [1.82, 2.24) is 9.99 Å². The molecule has 1 aromatic heterocycles. The molecule has 38 heavy (non-hydrogen) atoms. The minimum Gasteiger partial charge on any atom is -0.481 e. The molecule has 1 amide bonds. The van der Waals surface area contributed by atoms with E-state index < -0.39 is 12.0 Å². The first-order valence-corrected chi connectivity index (χ1v) is 13.3. The predicted molar refractivity (Wildman–Crippen MR) is 151 cm³/mol. The first-order valence-electron chi connectivity index (χ1n) is 12.1. The van der Waals surface area contributed by atoms with E-state index in [0.717, 1.165) is 21.0 Å². The smallest absolute Gasteiger partial charge is 0.303 e. The average Bonchev–Trinajstić information content (AvgIpc) is 3.34. The first kappa shape index (κ1) is 25.9. The quantitative estimate of drug-likeness (QED) is 0.254. The zero-order chi connectivity index (χ0) is 26.8. The molecule has 1 atom stereocenters. The molecule has 0 aliphatic carbocycles. The summed E-state index contributed by atoms with van der Waals surface area (Å²) in [7, 11) is 0. The number of aromatic nitrogens is 1. The maximum absolute atomic E-state index is 13.6. The lowest BCUT2D eigenvalue weighted by Gasteiger charge is -2.22. The van der Waals surface area contributed by atoms with E-state index in [1.54, 1.807) is 12.1 Å². The van der Waals surface area contributed by atoms with E-state index >= 15 is 0 Å². The van der Waals surface area contributed by atoms with Gasteiger partial charge in [-0.1, -0.05) is 70.0 Å². The molecule has 0 fully saturated rings. The maximum atomic E-state index is 13.6. The minimum absolute atomic E-state index is 0.0306. The van der Waals surface area contributed by atoms with Gasteiger partial charge in [0.2, 0.25) is 5.91 Å². The van der Waals surface area contributed by atoms with Gasteiger partial charge in [0.1, 0.15) is 0 Å². The molecule has 3 aromatic carbocycles. The molecule has 9 heteroatoms. The lowest BCUT2D eigenvalue weighted by molar-refractivity contribution is -0.137. The van der Waals surface area contributed by atoms with E-state index in [2.05, 4.69) is 20.9 Å². The summed E-state index contributed by atoms with van der Waals surface area (Å²) in [5.41, 5.74) is 3.56. The van der Waals surface area contributed by atoms with Gasteiger partial charge in [-0.15, -0.1) is 0 Å². The normalized spacial score (nSPS) is 15.1. The summed E-state index contributed by atoms with van der Waals surface area (Å²) in [6.45, 7) is 0. The Morgan fingerprint density at radius 2 is 1.82 bits per heavy atom. The van der Waals surface area contributed by atoms with Crippen LogP contribution in [0.1, 0.15) is 42.9 Å². The molecule has 7 nitrogen and oxygen atoms in total. The fourth-order valence-corrected chi connectivity index (χ4v) is 5.40. The summed E-state index contributed by atoms with van der Waals surface area (Å²) in [4.78, 5) is 40.8. The van der Waals surface area contributed by atoms with Crippen LogP contribution in [0.15, 0.2) is 87.2 Å². The van der Waals surface area contributed by atoms with Crippen LogP contribution in [-0.4, -0.2) is 32.7 Å². The van der Waals surface area contributed by atoms with Crippen molar-refractivity contribution in [3.05, 3.63) is 104 Å². The number of nitrogens with zero attached hydrogens (tertiary/aromatic N) is 2. The van der Waals surface area contributed by atoms with Gasteiger partial charge in [-0.3, -0.25) is 14.4 Å². The average molecular weight is 593 g/mol. The summed E-state index contributed by atoms with van der Waals surface area (Å²) < 4.78 is 0.852. The highest BCUT2D eigenvalue weighted by Crippen LogP contribution is 2.38. The minimum atomic E-state index is -0.958. The molecule has 0 saturated heterocycles.